The summed E-state index contributed by atoms with van der Waals surface area (Å²) >= 11 is 0. The number of fused-ring (bicyclic) bond motifs is 1. The molecule has 0 aromatic carbocycles. The number of hydrogen-bond acceptors (Lipinski definition) is 5. The van der Waals surface area contributed by atoms with Gasteiger partial charge >= 0.3 is 6.09 Å². The molecule has 2 amide bonds. The molecule has 2 rings (SSSR count). The molecule has 6 heteroatoms. The van der Waals surface area contributed by atoms with E-state index in [9.17, 15) is 9.59 Å². The summed E-state index contributed by atoms with van der Waals surface area (Å²) in [5.74, 6) is 0.371. The molecular weight excluding hydrogens is 234 g/mol. The van der Waals surface area contributed by atoms with Crippen molar-refractivity contribution in [2.45, 2.75) is 25.8 Å². The van der Waals surface area contributed by atoms with Crippen LogP contribution in [-0.4, -0.2) is 55.7 Å². The van der Waals surface area contributed by atoms with Crippen LogP contribution in [0, 0.1) is 5.92 Å². The fourth-order valence-corrected chi connectivity index (χ4v) is 2.86. The van der Waals surface area contributed by atoms with Crippen molar-refractivity contribution in [2.24, 2.45) is 5.92 Å². The molecule has 2 fully saturated rings. The average Bonchev–Trinajstić information content (AvgIpc) is 2.78. The monoisotopic (exact) mass is 255 g/mol. The molecule has 2 saturated heterocycles. The third kappa shape index (κ3) is 3.20. The molecule has 6 nitrogen and oxygen atoms in total. The van der Waals surface area contributed by atoms with E-state index < -0.39 is 6.09 Å². The van der Waals surface area contributed by atoms with E-state index in [1.165, 1.54) is 6.42 Å². The lowest BCUT2D eigenvalue weighted by Gasteiger charge is -2.36. The minimum Gasteiger partial charge on any atom is -0.450 e. The highest BCUT2D eigenvalue weighted by atomic mass is 16.5. The quantitative estimate of drug-likeness (QED) is 0.739. The van der Waals surface area contributed by atoms with Crippen LogP contribution in [0.5, 0.6) is 0 Å². The van der Waals surface area contributed by atoms with Gasteiger partial charge in [-0.3, -0.25) is 15.0 Å². The third-order valence-electron chi connectivity index (χ3n) is 3.66. The molecule has 0 radical (unpaired) electrons. The van der Waals surface area contributed by atoms with Gasteiger partial charge in [0.05, 0.1) is 13.2 Å². The Morgan fingerprint density at radius 3 is 3.06 bits per heavy atom. The van der Waals surface area contributed by atoms with Crippen LogP contribution in [0.25, 0.3) is 0 Å². The van der Waals surface area contributed by atoms with Gasteiger partial charge in [0.25, 0.3) is 0 Å². The summed E-state index contributed by atoms with van der Waals surface area (Å²) in [6.07, 6.45) is 1.70. The summed E-state index contributed by atoms with van der Waals surface area (Å²) in [5, 5.41) is 5.61. The van der Waals surface area contributed by atoms with Crippen molar-refractivity contribution >= 4 is 12.0 Å². The predicted octanol–water partition coefficient (Wildman–Crippen LogP) is -0.0571. The van der Waals surface area contributed by atoms with Crippen molar-refractivity contribution in [3.8, 4) is 0 Å². The van der Waals surface area contributed by atoms with Crippen LogP contribution in [0.15, 0.2) is 0 Å². The molecular formula is C12H21N3O3. The van der Waals surface area contributed by atoms with Crippen LogP contribution in [0.2, 0.25) is 0 Å². The van der Waals surface area contributed by atoms with E-state index >= 15 is 0 Å². The molecule has 0 saturated carbocycles. The Morgan fingerprint density at radius 2 is 2.28 bits per heavy atom. The molecule has 102 valence electrons. The lowest BCUT2D eigenvalue weighted by Crippen LogP contribution is -2.50. The molecule has 2 aliphatic rings. The number of carbonyl (C=O) groups excluding carboxylic acids is 2. The molecule has 18 heavy (non-hydrogen) atoms. The fraction of sp³-hybridized carbons (Fsp3) is 0.833. The maximum atomic E-state index is 11.7. The van der Waals surface area contributed by atoms with E-state index in [2.05, 4.69) is 20.3 Å². The van der Waals surface area contributed by atoms with Gasteiger partial charge in [-0.15, -0.1) is 0 Å². The van der Waals surface area contributed by atoms with Gasteiger partial charge in [0.1, 0.15) is 0 Å². The lowest BCUT2D eigenvalue weighted by atomic mass is 9.92. The normalized spacial score (nSPS) is 27.6. The van der Waals surface area contributed by atoms with Crippen molar-refractivity contribution in [3.63, 3.8) is 0 Å². The minimum atomic E-state index is -0.652. The number of carbonyl (C=O) groups is 2. The van der Waals surface area contributed by atoms with Gasteiger partial charge in [-0.05, 0) is 38.8 Å². The Bertz CT molecular complexity index is 322. The topological polar surface area (TPSA) is 70.7 Å². The van der Waals surface area contributed by atoms with Gasteiger partial charge in [-0.2, -0.15) is 0 Å². The Balaban J connectivity index is 1.81. The van der Waals surface area contributed by atoms with Crippen LogP contribution in [0.4, 0.5) is 4.79 Å². The van der Waals surface area contributed by atoms with E-state index in [0.717, 1.165) is 26.1 Å². The van der Waals surface area contributed by atoms with Gasteiger partial charge in [0, 0.05) is 12.6 Å². The molecule has 0 aromatic rings. The highest BCUT2D eigenvalue weighted by molar-refractivity contribution is 5.92. The first kappa shape index (κ1) is 13.3. The van der Waals surface area contributed by atoms with Gasteiger partial charge in [-0.25, -0.2) is 4.79 Å². The van der Waals surface area contributed by atoms with E-state index in [0.29, 0.717) is 12.0 Å². The van der Waals surface area contributed by atoms with Crippen molar-refractivity contribution < 1.29 is 14.3 Å². The van der Waals surface area contributed by atoms with E-state index in [1.54, 1.807) is 6.92 Å². The van der Waals surface area contributed by atoms with Crippen LogP contribution >= 0.6 is 0 Å². The third-order valence-corrected chi connectivity index (χ3v) is 3.66. The predicted molar refractivity (Wildman–Crippen MR) is 66.1 cm³/mol. The number of ether oxygens (including phenoxy) is 1. The number of imide groups is 1. The number of rotatable bonds is 3. The smallest absolute Gasteiger partial charge is 0.413 e. The van der Waals surface area contributed by atoms with Crippen LogP contribution in [0.3, 0.4) is 0 Å². The highest BCUT2D eigenvalue weighted by Crippen LogP contribution is 2.25. The van der Waals surface area contributed by atoms with Crippen molar-refractivity contribution in [3.05, 3.63) is 0 Å². The molecule has 2 unspecified atom stereocenters. The second-order valence-electron chi connectivity index (χ2n) is 4.87. The summed E-state index contributed by atoms with van der Waals surface area (Å²) in [4.78, 5) is 25.0. The molecule has 2 aliphatic heterocycles. The molecule has 2 atom stereocenters. The van der Waals surface area contributed by atoms with Gasteiger partial charge < -0.3 is 10.1 Å². The van der Waals surface area contributed by atoms with Crippen LogP contribution in [0.1, 0.15) is 19.8 Å². The molecule has 0 spiro atoms. The number of hydrogen-bond donors (Lipinski definition) is 2. The Morgan fingerprint density at radius 1 is 1.44 bits per heavy atom. The number of alkyl carbamates (subject to hydrolysis) is 1. The first-order valence-corrected chi connectivity index (χ1v) is 6.62. The van der Waals surface area contributed by atoms with Crippen LogP contribution < -0.4 is 10.6 Å². The SMILES string of the molecule is CCOC(=O)NC(=O)CN1CCCC2CNCC21. The maximum Gasteiger partial charge on any atom is 0.413 e. The number of likely N-dealkylation sites (tertiary alicyclic amines) is 1. The zero-order valence-electron chi connectivity index (χ0n) is 10.8. The first-order valence-electron chi connectivity index (χ1n) is 6.62. The summed E-state index contributed by atoms with van der Waals surface area (Å²) in [5.41, 5.74) is 0. The first-order chi connectivity index (χ1) is 8.70. The van der Waals surface area contributed by atoms with E-state index in [4.69, 9.17) is 0 Å². The summed E-state index contributed by atoms with van der Waals surface area (Å²) < 4.78 is 4.69. The Labute approximate surface area is 107 Å². The van der Waals surface area contributed by atoms with Crippen molar-refractivity contribution in [1.29, 1.82) is 0 Å². The average molecular weight is 255 g/mol. The largest absolute Gasteiger partial charge is 0.450 e. The molecule has 0 bridgehead atoms. The second-order valence-corrected chi connectivity index (χ2v) is 4.87. The van der Waals surface area contributed by atoms with Crippen molar-refractivity contribution in [1.82, 2.24) is 15.5 Å². The highest BCUT2D eigenvalue weighted by Gasteiger charge is 2.35. The molecule has 0 aromatic heterocycles. The zero-order valence-corrected chi connectivity index (χ0v) is 10.8. The zero-order chi connectivity index (χ0) is 13.0. The van der Waals surface area contributed by atoms with Gasteiger partial charge in [0.2, 0.25) is 5.91 Å². The van der Waals surface area contributed by atoms with Gasteiger partial charge in [-0.1, -0.05) is 0 Å². The number of nitrogens with one attached hydrogen (secondary N) is 2. The number of nitrogens with zero attached hydrogens (tertiary/aromatic N) is 1. The summed E-state index contributed by atoms with van der Waals surface area (Å²) in [6, 6.07) is 0.437. The minimum absolute atomic E-state index is 0.275. The summed E-state index contributed by atoms with van der Waals surface area (Å²) in [6.45, 7) is 5.18. The Kier molecular flexibility index (Phi) is 4.54. The van der Waals surface area contributed by atoms with Crippen LogP contribution in [-0.2, 0) is 9.53 Å². The number of piperidine rings is 1. The van der Waals surface area contributed by atoms with E-state index in [1.807, 2.05) is 0 Å². The maximum absolute atomic E-state index is 11.7. The molecule has 2 heterocycles. The molecule has 2 N–H and O–H groups in total. The fourth-order valence-electron chi connectivity index (χ4n) is 2.86. The van der Waals surface area contributed by atoms with Crippen molar-refractivity contribution in [2.75, 3.05) is 32.8 Å². The second kappa shape index (κ2) is 6.15. The lowest BCUT2D eigenvalue weighted by molar-refractivity contribution is -0.122. The molecule has 0 aliphatic carbocycles. The van der Waals surface area contributed by atoms with E-state index in [-0.39, 0.29) is 19.1 Å². The summed E-state index contributed by atoms with van der Waals surface area (Å²) in [7, 11) is 0. The standard InChI is InChI=1S/C12H21N3O3/c1-2-18-12(17)14-11(16)8-15-5-3-4-9-6-13-7-10(9)15/h9-10,13H,2-8H2,1H3,(H,14,16,17). The number of amides is 2. The van der Waals surface area contributed by atoms with Gasteiger partial charge in [0.15, 0.2) is 0 Å². The Hall–Kier alpha value is -1.14.